The highest BCUT2D eigenvalue weighted by molar-refractivity contribution is 7.46. The first-order chi connectivity index (χ1) is 20.6. The van der Waals surface area contributed by atoms with Crippen LogP contribution in [-0.2, 0) is 20.4 Å². The molecule has 4 aromatic rings. The van der Waals surface area contributed by atoms with Crippen LogP contribution in [-0.4, -0.2) is 68.4 Å². The number of aromatic nitrogens is 4. The number of amides is 1. The summed E-state index contributed by atoms with van der Waals surface area (Å²) in [4.78, 5) is 38.7. The van der Waals surface area contributed by atoms with Gasteiger partial charge in [0.1, 0.15) is 24.5 Å². The molecule has 43 heavy (non-hydrogen) atoms. The number of hydrogen-bond donors (Lipinski definition) is 5. The lowest BCUT2D eigenvalue weighted by atomic mass is 10.1. The van der Waals surface area contributed by atoms with Crippen LogP contribution in [0.1, 0.15) is 19.8 Å². The number of nitrogens with zero attached hydrogens (tertiary/aromatic N) is 4. The third-order valence-electron chi connectivity index (χ3n) is 6.24. The van der Waals surface area contributed by atoms with Crippen molar-refractivity contribution in [3.63, 3.8) is 0 Å². The van der Waals surface area contributed by atoms with Crippen molar-refractivity contribution in [3.8, 4) is 11.5 Å². The summed E-state index contributed by atoms with van der Waals surface area (Å²) >= 11 is 0. The smallest absolute Gasteiger partial charge is 0.469 e. The molecule has 0 spiro atoms. The number of benzene rings is 2. The monoisotopic (exact) mass is 617 g/mol. The van der Waals surface area contributed by atoms with E-state index in [9.17, 15) is 13.8 Å². The molecule has 230 valence electrons. The van der Waals surface area contributed by atoms with Crippen LogP contribution in [0.4, 0.5) is 21.6 Å². The molecular formula is C27H33FN7O7P. The van der Waals surface area contributed by atoms with Crippen molar-refractivity contribution in [1.82, 2.24) is 25.1 Å². The molecule has 0 aliphatic carbocycles. The Morgan fingerprint density at radius 1 is 1.14 bits per heavy atom. The highest BCUT2D eigenvalue weighted by Gasteiger charge is 2.16. The average molecular weight is 618 g/mol. The molecule has 14 nitrogen and oxygen atoms in total. The molecule has 0 saturated carbocycles. The Morgan fingerprint density at radius 3 is 2.72 bits per heavy atom. The van der Waals surface area contributed by atoms with Gasteiger partial charge in [-0.05, 0) is 37.1 Å². The molecule has 0 aliphatic heterocycles. The van der Waals surface area contributed by atoms with Crippen molar-refractivity contribution in [3.05, 3.63) is 60.9 Å². The van der Waals surface area contributed by atoms with Crippen molar-refractivity contribution >= 4 is 41.8 Å². The van der Waals surface area contributed by atoms with Crippen molar-refractivity contribution in [2.24, 2.45) is 0 Å². The second-order valence-electron chi connectivity index (χ2n) is 9.37. The van der Waals surface area contributed by atoms with Gasteiger partial charge in [-0.25, -0.2) is 18.9 Å². The molecular weight excluding hydrogens is 584 g/mol. The Morgan fingerprint density at radius 2 is 1.98 bits per heavy atom. The largest absolute Gasteiger partial charge is 0.493 e. The van der Waals surface area contributed by atoms with Gasteiger partial charge in [0, 0.05) is 35.9 Å². The molecule has 2 aromatic heterocycles. The SMILES string of the molecule is CCC(CCOc1cc2ncnc(Nc3cnn(CC(=O)Nc4cccc(F)c4)c3)c2cc1OC)NCCOP(=O)(O)O. The number of carbonyl (C=O) groups is 1. The van der Waals surface area contributed by atoms with E-state index in [1.165, 1.54) is 36.3 Å². The average Bonchev–Trinajstić information content (AvgIpc) is 3.39. The topological polar surface area (TPSA) is 182 Å². The van der Waals surface area contributed by atoms with Crippen LogP contribution in [0.3, 0.4) is 0 Å². The molecule has 4 rings (SSSR count). The Balaban J connectivity index is 1.36. The van der Waals surface area contributed by atoms with E-state index < -0.39 is 13.6 Å². The number of fused-ring (bicyclic) bond motifs is 1. The van der Waals surface area contributed by atoms with E-state index in [1.807, 2.05) is 6.92 Å². The highest BCUT2D eigenvalue weighted by atomic mass is 31.2. The Hall–Kier alpha value is -4.14. The molecule has 0 fully saturated rings. The summed E-state index contributed by atoms with van der Waals surface area (Å²) in [6.07, 6.45) is 6.02. The van der Waals surface area contributed by atoms with Crippen LogP contribution in [0.5, 0.6) is 11.5 Å². The minimum atomic E-state index is -4.49. The molecule has 0 radical (unpaired) electrons. The van der Waals surface area contributed by atoms with Gasteiger partial charge in [-0.1, -0.05) is 13.0 Å². The van der Waals surface area contributed by atoms with Gasteiger partial charge in [-0.2, -0.15) is 5.10 Å². The van der Waals surface area contributed by atoms with E-state index in [1.54, 1.807) is 30.6 Å². The van der Waals surface area contributed by atoms with Gasteiger partial charge in [0.2, 0.25) is 5.91 Å². The number of phosphoric ester groups is 1. The zero-order valence-corrected chi connectivity index (χ0v) is 24.5. The Bertz CT molecular complexity index is 1580. The molecule has 2 aromatic carbocycles. The number of hydrogen-bond acceptors (Lipinski definition) is 10. The first kappa shape index (κ1) is 31.8. The van der Waals surface area contributed by atoms with Crippen LogP contribution in [0.2, 0.25) is 0 Å². The number of anilines is 3. The first-order valence-corrected chi connectivity index (χ1v) is 14.9. The van der Waals surface area contributed by atoms with Crippen LogP contribution in [0.15, 0.2) is 55.1 Å². The summed E-state index contributed by atoms with van der Waals surface area (Å²) in [6, 6.07) is 9.21. The lowest BCUT2D eigenvalue weighted by Crippen LogP contribution is -2.32. The van der Waals surface area contributed by atoms with Gasteiger partial charge in [0.15, 0.2) is 11.5 Å². The van der Waals surface area contributed by atoms with Gasteiger partial charge in [-0.3, -0.25) is 14.0 Å². The lowest BCUT2D eigenvalue weighted by Gasteiger charge is -2.18. The van der Waals surface area contributed by atoms with E-state index >= 15 is 0 Å². The maximum Gasteiger partial charge on any atom is 0.469 e. The van der Waals surface area contributed by atoms with Crippen LogP contribution < -0.4 is 25.4 Å². The third-order valence-corrected chi connectivity index (χ3v) is 6.76. The summed E-state index contributed by atoms with van der Waals surface area (Å²) in [7, 11) is -2.96. The zero-order valence-electron chi connectivity index (χ0n) is 23.6. The molecule has 2 heterocycles. The molecule has 0 bridgehead atoms. The van der Waals surface area contributed by atoms with E-state index in [-0.39, 0.29) is 31.6 Å². The summed E-state index contributed by atoms with van der Waals surface area (Å²) in [5.41, 5.74) is 1.55. The Kier molecular flexibility index (Phi) is 11.0. The van der Waals surface area contributed by atoms with Crippen molar-refractivity contribution < 1.29 is 37.5 Å². The number of rotatable bonds is 16. The van der Waals surface area contributed by atoms with Gasteiger partial charge in [-0.15, -0.1) is 0 Å². The normalized spacial score (nSPS) is 12.2. The molecule has 1 unspecified atom stereocenters. The predicted molar refractivity (Wildman–Crippen MR) is 157 cm³/mol. The van der Waals surface area contributed by atoms with Gasteiger partial charge in [0.05, 0.1) is 37.7 Å². The van der Waals surface area contributed by atoms with Gasteiger partial charge in [0.25, 0.3) is 0 Å². The molecule has 0 saturated heterocycles. The number of carbonyl (C=O) groups excluding carboxylic acids is 1. The number of methoxy groups -OCH3 is 1. The number of nitrogens with one attached hydrogen (secondary N) is 3. The number of phosphoric acid groups is 1. The lowest BCUT2D eigenvalue weighted by molar-refractivity contribution is -0.116. The van der Waals surface area contributed by atoms with Crippen molar-refractivity contribution in [2.75, 3.05) is 37.5 Å². The predicted octanol–water partition coefficient (Wildman–Crippen LogP) is 3.60. The molecule has 1 amide bonds. The minimum absolute atomic E-state index is 0.0540. The molecule has 0 aliphatic rings. The first-order valence-electron chi connectivity index (χ1n) is 13.4. The maximum absolute atomic E-state index is 13.4. The molecule has 5 N–H and O–H groups in total. The summed E-state index contributed by atoms with van der Waals surface area (Å²) < 4.78 is 41.7. The van der Waals surface area contributed by atoms with E-state index in [2.05, 4.69) is 35.5 Å². The summed E-state index contributed by atoms with van der Waals surface area (Å²) in [5.74, 6) is 0.661. The van der Waals surface area contributed by atoms with Crippen LogP contribution in [0.25, 0.3) is 10.9 Å². The van der Waals surface area contributed by atoms with E-state index in [4.69, 9.17) is 19.3 Å². The summed E-state index contributed by atoms with van der Waals surface area (Å²) in [5, 5.41) is 13.9. The minimum Gasteiger partial charge on any atom is -0.493 e. The third kappa shape index (κ3) is 9.70. The van der Waals surface area contributed by atoms with Crippen molar-refractivity contribution in [2.45, 2.75) is 32.4 Å². The van der Waals surface area contributed by atoms with Crippen LogP contribution >= 0.6 is 7.82 Å². The maximum atomic E-state index is 13.4. The fraction of sp³-hybridized carbons (Fsp3) is 0.333. The fourth-order valence-corrected chi connectivity index (χ4v) is 4.52. The molecule has 1 atom stereocenters. The van der Waals surface area contributed by atoms with Crippen LogP contribution in [0, 0.1) is 5.82 Å². The zero-order chi connectivity index (χ0) is 30.8. The quantitative estimate of drug-likeness (QED) is 0.0911. The second-order valence-corrected chi connectivity index (χ2v) is 10.6. The standard InChI is InChI=1S/C27H33FN7O7P/c1-3-19(29-8-10-42-43(37,38)39)7-9-41-25-13-23-22(12-24(25)40-2)27(31-17-30-23)34-21-14-32-35(15-21)16-26(36)33-20-6-4-5-18(28)11-20/h4-6,11-15,17,19,29H,3,7-10,16H2,1-2H3,(H,33,36)(H,30,31,34)(H2,37,38,39). The Labute approximate surface area is 246 Å². The van der Waals surface area contributed by atoms with Gasteiger partial charge >= 0.3 is 7.82 Å². The van der Waals surface area contributed by atoms with Gasteiger partial charge < -0.3 is 35.2 Å². The van der Waals surface area contributed by atoms with Crippen molar-refractivity contribution in [1.29, 1.82) is 0 Å². The van der Waals surface area contributed by atoms with E-state index in [0.717, 1.165) is 6.42 Å². The fourth-order valence-electron chi connectivity index (χ4n) is 4.19. The molecule has 16 heteroatoms. The van der Waals surface area contributed by atoms with E-state index in [0.29, 0.717) is 52.6 Å². The number of halogens is 1. The second kappa shape index (κ2) is 14.8. The number of ether oxygens (including phenoxy) is 2. The highest BCUT2D eigenvalue weighted by Crippen LogP contribution is 2.36. The summed E-state index contributed by atoms with van der Waals surface area (Å²) in [6.45, 7) is 2.45.